The van der Waals surface area contributed by atoms with Crippen LogP contribution in [-0.2, 0) is 19.2 Å². The zero-order chi connectivity index (χ0) is 24.0. The molecule has 0 radical (unpaired) electrons. The molecule has 8 nitrogen and oxygen atoms in total. The lowest BCUT2D eigenvalue weighted by Gasteiger charge is -2.20. The van der Waals surface area contributed by atoms with E-state index in [2.05, 4.69) is 22.9 Å². The van der Waals surface area contributed by atoms with E-state index in [1.807, 2.05) is 50.2 Å². The van der Waals surface area contributed by atoms with Gasteiger partial charge in [-0.15, -0.1) is 0 Å². The number of benzene rings is 2. The Labute approximate surface area is 193 Å². The van der Waals surface area contributed by atoms with Crippen LogP contribution in [0.3, 0.4) is 0 Å². The summed E-state index contributed by atoms with van der Waals surface area (Å²) in [7, 11) is 0. The van der Waals surface area contributed by atoms with Crippen molar-refractivity contribution in [3.05, 3.63) is 59.7 Å². The summed E-state index contributed by atoms with van der Waals surface area (Å²) in [5.74, 6) is -1.62. The first-order chi connectivity index (χ1) is 15.8. The van der Waals surface area contributed by atoms with Crippen LogP contribution in [0.5, 0.6) is 0 Å². The molecule has 0 aromatic heterocycles. The van der Waals surface area contributed by atoms with Crippen LogP contribution < -0.4 is 10.8 Å². The second-order valence-corrected chi connectivity index (χ2v) is 8.56. The Hall–Kier alpha value is -3.39. The van der Waals surface area contributed by atoms with Gasteiger partial charge < -0.3 is 15.2 Å². The van der Waals surface area contributed by atoms with Crippen LogP contribution in [0.2, 0.25) is 0 Å². The van der Waals surface area contributed by atoms with E-state index < -0.39 is 30.1 Å². The van der Waals surface area contributed by atoms with Gasteiger partial charge in [-0.2, -0.15) is 0 Å². The number of rotatable bonds is 10. The Bertz CT molecular complexity index is 960. The number of ether oxygens (including phenoxy) is 1. The molecule has 2 atom stereocenters. The lowest BCUT2D eigenvalue weighted by molar-refractivity contribution is -0.159. The molecule has 0 heterocycles. The quantitative estimate of drug-likeness (QED) is 0.470. The number of carbonyl (C=O) groups is 3. The standard InChI is InChI=1S/C25H30N2O6/c1-15(2)12-13-22(23(28)27-33-16(3)24(29)30)26-25(31)32-14-21-19-10-6-4-8-17(19)18-9-5-7-11-20(18)21/h4-11,15-16,21-22H,12-14H2,1-3H3,(H,26,31)(H,27,28)(H,29,30). The average Bonchev–Trinajstić information content (AvgIpc) is 3.12. The van der Waals surface area contributed by atoms with E-state index in [0.29, 0.717) is 18.8 Å². The molecule has 8 heteroatoms. The smallest absolute Gasteiger partial charge is 0.407 e. The van der Waals surface area contributed by atoms with Gasteiger partial charge in [-0.25, -0.2) is 15.1 Å². The Kier molecular flexibility index (Phi) is 8.06. The van der Waals surface area contributed by atoms with E-state index in [-0.39, 0.29) is 12.5 Å². The van der Waals surface area contributed by atoms with Crippen molar-refractivity contribution in [2.24, 2.45) is 5.92 Å². The lowest BCUT2D eigenvalue weighted by Crippen LogP contribution is -2.48. The van der Waals surface area contributed by atoms with Gasteiger partial charge in [-0.1, -0.05) is 62.4 Å². The highest BCUT2D eigenvalue weighted by atomic mass is 16.7. The van der Waals surface area contributed by atoms with Crippen molar-refractivity contribution in [3.8, 4) is 11.1 Å². The molecule has 3 rings (SSSR count). The summed E-state index contributed by atoms with van der Waals surface area (Å²) in [5.41, 5.74) is 6.57. The molecule has 2 amide bonds. The fourth-order valence-electron chi connectivity index (χ4n) is 3.82. The Morgan fingerprint density at radius 2 is 1.52 bits per heavy atom. The summed E-state index contributed by atoms with van der Waals surface area (Å²) in [6, 6.07) is 15.1. The van der Waals surface area contributed by atoms with E-state index in [1.165, 1.54) is 6.92 Å². The van der Waals surface area contributed by atoms with Gasteiger partial charge in [0.15, 0.2) is 6.10 Å². The predicted octanol–water partition coefficient (Wildman–Crippen LogP) is 3.85. The van der Waals surface area contributed by atoms with E-state index in [4.69, 9.17) is 14.7 Å². The second kappa shape index (κ2) is 11.0. The number of hydrogen-bond acceptors (Lipinski definition) is 5. The summed E-state index contributed by atoms with van der Waals surface area (Å²) in [6.07, 6.45) is -0.893. The van der Waals surface area contributed by atoms with Gasteiger partial charge in [0.2, 0.25) is 0 Å². The summed E-state index contributed by atoms with van der Waals surface area (Å²) in [5, 5.41) is 11.5. The second-order valence-electron chi connectivity index (χ2n) is 8.56. The summed E-state index contributed by atoms with van der Waals surface area (Å²) in [6.45, 7) is 5.44. The Morgan fingerprint density at radius 1 is 0.939 bits per heavy atom. The van der Waals surface area contributed by atoms with Gasteiger partial charge in [0.1, 0.15) is 12.6 Å². The third-order valence-electron chi connectivity index (χ3n) is 5.67. The SMILES string of the molecule is CC(C)CCC(NC(=O)OCC1c2ccccc2-c2ccccc21)C(=O)NOC(C)C(=O)O. The van der Waals surface area contributed by atoms with E-state index >= 15 is 0 Å². The molecule has 0 aliphatic heterocycles. The van der Waals surface area contributed by atoms with Gasteiger partial charge in [-0.3, -0.25) is 9.63 Å². The minimum atomic E-state index is -1.21. The van der Waals surface area contributed by atoms with Gasteiger partial charge >= 0.3 is 12.1 Å². The molecule has 1 aliphatic carbocycles. The first-order valence-electron chi connectivity index (χ1n) is 11.1. The monoisotopic (exact) mass is 454 g/mol. The number of hydrogen-bond donors (Lipinski definition) is 3. The molecule has 2 aromatic rings. The largest absolute Gasteiger partial charge is 0.479 e. The zero-order valence-electron chi connectivity index (χ0n) is 19.0. The fourth-order valence-corrected chi connectivity index (χ4v) is 3.82. The normalized spacial score (nSPS) is 14.2. The van der Waals surface area contributed by atoms with Gasteiger partial charge in [-0.05, 0) is 47.9 Å². The molecule has 0 saturated carbocycles. The maximum Gasteiger partial charge on any atom is 0.407 e. The van der Waals surface area contributed by atoms with Crippen molar-refractivity contribution in [1.82, 2.24) is 10.8 Å². The van der Waals surface area contributed by atoms with Gasteiger partial charge in [0, 0.05) is 5.92 Å². The number of carbonyl (C=O) groups excluding carboxylic acids is 2. The predicted molar refractivity (Wildman–Crippen MR) is 122 cm³/mol. The third-order valence-corrected chi connectivity index (χ3v) is 5.67. The minimum Gasteiger partial charge on any atom is -0.479 e. The summed E-state index contributed by atoms with van der Waals surface area (Å²) >= 11 is 0. The molecule has 3 N–H and O–H groups in total. The number of carboxylic acids is 1. The lowest BCUT2D eigenvalue weighted by atomic mass is 9.98. The maximum absolute atomic E-state index is 12.6. The highest BCUT2D eigenvalue weighted by Crippen LogP contribution is 2.44. The molecule has 2 aromatic carbocycles. The van der Waals surface area contributed by atoms with Crippen molar-refractivity contribution in [2.75, 3.05) is 6.61 Å². The van der Waals surface area contributed by atoms with E-state index in [9.17, 15) is 14.4 Å². The van der Waals surface area contributed by atoms with Crippen molar-refractivity contribution >= 4 is 18.0 Å². The Balaban J connectivity index is 1.63. The van der Waals surface area contributed by atoms with E-state index in [0.717, 1.165) is 22.3 Å². The highest BCUT2D eigenvalue weighted by molar-refractivity contribution is 5.85. The average molecular weight is 455 g/mol. The summed E-state index contributed by atoms with van der Waals surface area (Å²) < 4.78 is 5.53. The maximum atomic E-state index is 12.6. The minimum absolute atomic E-state index is 0.0918. The van der Waals surface area contributed by atoms with Gasteiger partial charge in [0.05, 0.1) is 0 Å². The number of fused-ring (bicyclic) bond motifs is 3. The van der Waals surface area contributed by atoms with Crippen LogP contribution in [-0.4, -0.2) is 41.8 Å². The molecule has 0 bridgehead atoms. The fraction of sp³-hybridized carbons (Fsp3) is 0.400. The molecule has 1 aliphatic rings. The summed E-state index contributed by atoms with van der Waals surface area (Å²) in [4.78, 5) is 40.8. The molecular weight excluding hydrogens is 424 g/mol. The molecule has 33 heavy (non-hydrogen) atoms. The van der Waals surface area contributed by atoms with Crippen LogP contribution in [0.25, 0.3) is 11.1 Å². The molecule has 0 saturated heterocycles. The first-order valence-corrected chi connectivity index (χ1v) is 11.1. The van der Waals surface area contributed by atoms with Crippen LogP contribution in [0.4, 0.5) is 4.79 Å². The van der Waals surface area contributed by atoms with Crippen LogP contribution in [0.15, 0.2) is 48.5 Å². The van der Waals surface area contributed by atoms with E-state index in [1.54, 1.807) is 0 Å². The number of amides is 2. The van der Waals surface area contributed by atoms with Crippen molar-refractivity contribution < 1.29 is 29.1 Å². The molecule has 0 fully saturated rings. The third kappa shape index (κ3) is 6.10. The van der Waals surface area contributed by atoms with Crippen LogP contribution in [0, 0.1) is 5.92 Å². The van der Waals surface area contributed by atoms with Gasteiger partial charge in [0.25, 0.3) is 5.91 Å². The molecular formula is C25H30N2O6. The van der Waals surface area contributed by atoms with Crippen molar-refractivity contribution in [3.63, 3.8) is 0 Å². The number of carboxylic acid groups (broad SMARTS) is 1. The van der Waals surface area contributed by atoms with Crippen LogP contribution in [0.1, 0.15) is 50.7 Å². The molecule has 2 unspecified atom stereocenters. The topological polar surface area (TPSA) is 114 Å². The zero-order valence-corrected chi connectivity index (χ0v) is 19.0. The number of hydroxylamine groups is 1. The van der Waals surface area contributed by atoms with Crippen LogP contribution >= 0.6 is 0 Å². The first kappa shape index (κ1) is 24.3. The molecule has 176 valence electrons. The number of aliphatic carboxylic acids is 1. The highest BCUT2D eigenvalue weighted by Gasteiger charge is 2.30. The molecule has 0 spiro atoms. The number of alkyl carbamates (subject to hydrolysis) is 1. The number of nitrogens with one attached hydrogen (secondary N) is 2. The van der Waals surface area contributed by atoms with Crippen molar-refractivity contribution in [2.45, 2.75) is 51.7 Å². The Morgan fingerprint density at radius 3 is 2.06 bits per heavy atom. The van der Waals surface area contributed by atoms with Crippen molar-refractivity contribution in [1.29, 1.82) is 0 Å².